The summed E-state index contributed by atoms with van der Waals surface area (Å²) >= 11 is 8.24. The zero-order chi connectivity index (χ0) is 102. The van der Waals surface area contributed by atoms with Crippen molar-refractivity contribution < 1.29 is 101 Å². The van der Waals surface area contributed by atoms with Crippen LogP contribution in [-0.2, 0) is 71.5 Å². The van der Waals surface area contributed by atoms with Gasteiger partial charge in [0.25, 0.3) is 0 Å². The Labute approximate surface area is 848 Å². The maximum absolute atomic E-state index is 13.8. The second-order valence-corrected chi connectivity index (χ2v) is 46.7. The molecule has 1 spiro atoms. The van der Waals surface area contributed by atoms with Gasteiger partial charge >= 0.3 is 41.8 Å². The number of halogens is 1. The van der Waals surface area contributed by atoms with Gasteiger partial charge in [0.05, 0.1) is 105 Å². The largest absolute Gasteiger partial charge is 0.480 e. The maximum atomic E-state index is 13.8. The molecule has 5 aromatic rings. The van der Waals surface area contributed by atoms with Crippen molar-refractivity contribution in [1.29, 1.82) is 0 Å². The number of thiophene rings is 5. The van der Waals surface area contributed by atoms with Gasteiger partial charge in [-0.3, -0.25) is 48.2 Å². The smallest absolute Gasteiger partial charge is 0.350 e. The molecule has 2 saturated heterocycles. The van der Waals surface area contributed by atoms with Gasteiger partial charge in [0.1, 0.15) is 49.6 Å². The molecule has 7 aliphatic rings. The molecule has 5 aliphatic carbocycles. The van der Waals surface area contributed by atoms with Gasteiger partial charge in [-0.05, 0) is 232 Å². The summed E-state index contributed by atoms with van der Waals surface area (Å²) in [5, 5.41) is 15.2. The molecule has 0 radical (unpaired) electrons. The van der Waals surface area contributed by atoms with Crippen LogP contribution in [0.1, 0.15) is 307 Å². The maximum Gasteiger partial charge on any atom is 0.350 e. The van der Waals surface area contributed by atoms with Crippen molar-refractivity contribution in [2.75, 3.05) is 107 Å². The molecule has 7 heterocycles. The van der Waals surface area contributed by atoms with Crippen LogP contribution in [0.3, 0.4) is 0 Å². The van der Waals surface area contributed by atoms with Gasteiger partial charge in [-0.15, -0.1) is 56.7 Å². The first-order valence-electron chi connectivity index (χ1n) is 47.9. The van der Waals surface area contributed by atoms with Crippen LogP contribution in [0.2, 0.25) is 0 Å². The van der Waals surface area contributed by atoms with Gasteiger partial charge in [0.15, 0.2) is 0 Å². The van der Waals surface area contributed by atoms with Crippen LogP contribution in [0.5, 0.6) is 0 Å². The highest BCUT2D eigenvalue weighted by molar-refractivity contribution is 14.1. The Morgan fingerprint density at radius 1 is 0.413 bits per heavy atom. The Hall–Kier alpha value is -9.46. The minimum Gasteiger partial charge on any atom is -0.480 e. The normalized spacial score (nSPS) is 20.5. The lowest BCUT2D eigenvalue weighted by atomic mass is 9.78. The molecule has 2 aliphatic heterocycles. The lowest BCUT2D eigenvalue weighted by Gasteiger charge is -2.55. The van der Waals surface area contributed by atoms with Crippen LogP contribution in [0.15, 0.2) is 30.3 Å². The fraction of sp³-hybridized carbons (Fsp3) is 0.610. The van der Waals surface area contributed by atoms with Crippen molar-refractivity contribution in [3.8, 4) is 47.4 Å². The molecule has 5 saturated carbocycles. The highest BCUT2D eigenvalue weighted by Gasteiger charge is 2.51. The molecule has 3 N–H and O–H groups in total. The van der Waals surface area contributed by atoms with Crippen molar-refractivity contribution in [1.82, 2.24) is 4.90 Å². The molecular weight excluding hydrogens is 1970 g/mol. The summed E-state index contributed by atoms with van der Waals surface area (Å²) in [5.41, 5.74) is 1.59. The number of methoxy groups -OCH3 is 5. The van der Waals surface area contributed by atoms with Gasteiger partial charge in [0.2, 0.25) is 35.4 Å². The third kappa shape index (κ3) is 34.2. The SMILES string of the molecule is COC(=O)c1sc(C#CC(C)C)cc1N(CC(=O)N1CC2(COC2)C1)C(=O)C1CCC(C)CC1.COC(=O)c1sc(C#CC(C)C)cc1N(CC(=O)O)C(=O)C1CCC(C)CC1.COC(=O)c1sc(C#CC(C)C)cc1N(CC(=O)OC(C)(C)C)C(=O)C1CCC(C)CC1.COC(=O)c1sc(C#CC(C)C)cc1NC(=O)C1CCC(C)CC1.COC(=O)c1sc(I)cc1NC(=O)C1CCC(C)CC1. The number of amides is 6. The number of hydrogen-bond acceptors (Lipinski definition) is 25. The molecular formula is C105H139IN6O21S5. The molecule has 33 heteroatoms. The van der Waals surface area contributed by atoms with Crippen molar-refractivity contribution in [2.45, 2.75) is 245 Å². The van der Waals surface area contributed by atoms with Crippen LogP contribution < -0.4 is 25.3 Å². The molecule has 6 amide bonds. The van der Waals surface area contributed by atoms with Crippen LogP contribution in [0.25, 0.3) is 0 Å². The number of anilines is 5. The van der Waals surface area contributed by atoms with Gasteiger partial charge < -0.3 is 58.7 Å². The molecule has 0 aromatic carbocycles. The number of hydrogen-bond donors (Lipinski definition) is 3. The standard InChI is InChI=1S/C26H34N2O5S.C25H35NO5S.C21H27NO5S.C19H25NO3S.C14H18INO3S/c1-17(2)5-10-20-11-21(23(34-20)25(31)32-4)28(24(30)19-8-6-18(3)7-9-19)12-22(29)27-13-26(14-27)15-33-16-26;1-16(2)8-13-19-14-20(22(32-19)24(29)30-7)26(15-21(27)31-25(4,5)6)23(28)18-11-9-17(3)10-12-18;1-13(2)5-10-16-11-17(19(28-16)21(26)27-4)22(12-18(23)24)20(25)15-8-6-14(3)7-9-15;1-12(2)5-10-15-11-16(17(24-15)19(22)23-4)20-18(21)14-8-6-13(3)7-9-14;1-8-3-5-9(6-4-8)13(17)16-10-7-11(15)20-12(10)14(18)19-2/h11,17-19H,6-9,12-16H2,1-4H3;14,16-18H,9-12,15H2,1-7H3;11,13-15H,6-9,12H2,1-4H3,(H,23,24);11-14H,6-9H2,1-4H3,(H,20,21);7-9H,3-6H2,1-2H3,(H,16,17). The lowest BCUT2D eigenvalue weighted by Crippen LogP contribution is -2.68. The number of nitrogens with zero attached hydrogens (tertiary/aromatic N) is 4. The molecule has 0 bridgehead atoms. The molecule has 752 valence electrons. The minimum absolute atomic E-state index is 0.00628. The number of nitrogens with one attached hydrogen (secondary N) is 2. The second-order valence-electron chi connectivity index (χ2n) is 39.5. The first kappa shape index (κ1) is 114. The summed E-state index contributed by atoms with van der Waals surface area (Å²) in [4.78, 5) is 174. The first-order valence-corrected chi connectivity index (χ1v) is 53.1. The molecule has 5 aromatic heterocycles. The summed E-state index contributed by atoms with van der Waals surface area (Å²) in [7, 11) is 6.58. The van der Waals surface area contributed by atoms with Crippen molar-refractivity contribution in [3.63, 3.8) is 0 Å². The fourth-order valence-electron chi connectivity index (χ4n) is 16.9. The first-order chi connectivity index (χ1) is 65.2. The van der Waals surface area contributed by atoms with Crippen molar-refractivity contribution in [3.05, 3.63) is 77.1 Å². The third-order valence-electron chi connectivity index (χ3n) is 24.9. The van der Waals surface area contributed by atoms with Gasteiger partial charge in [-0.1, -0.05) is 137 Å². The van der Waals surface area contributed by atoms with Gasteiger partial charge in [-0.2, -0.15) is 0 Å². The number of rotatable bonds is 21. The lowest BCUT2D eigenvalue weighted by molar-refractivity contribution is -0.194. The average molecular weight is 2110 g/mol. The molecule has 0 atom stereocenters. The van der Waals surface area contributed by atoms with E-state index in [0.29, 0.717) is 108 Å². The topological polar surface area (TPSA) is 344 Å². The third-order valence-corrected chi connectivity index (χ3v) is 30.9. The minimum atomic E-state index is -1.13. The van der Waals surface area contributed by atoms with E-state index in [9.17, 15) is 67.4 Å². The van der Waals surface area contributed by atoms with E-state index >= 15 is 0 Å². The Bertz CT molecular complexity index is 5350. The molecule has 7 fully saturated rings. The van der Waals surface area contributed by atoms with E-state index in [4.69, 9.17) is 33.2 Å². The summed E-state index contributed by atoms with van der Waals surface area (Å²) in [6, 6.07) is 8.69. The highest BCUT2D eigenvalue weighted by atomic mass is 127. The van der Waals surface area contributed by atoms with E-state index in [2.05, 4.69) is 115 Å². The summed E-state index contributed by atoms with van der Waals surface area (Å²) in [5.74, 6) is 23.2. The zero-order valence-electron chi connectivity index (χ0n) is 83.9. The van der Waals surface area contributed by atoms with Gasteiger partial charge in [-0.25, -0.2) is 24.0 Å². The molecule has 12 rings (SSSR count). The second kappa shape index (κ2) is 54.0. The van der Waals surface area contributed by atoms with Crippen LogP contribution in [-0.4, -0.2) is 174 Å². The number of carbonyl (C=O) groups is 13. The number of esters is 6. The zero-order valence-corrected chi connectivity index (χ0v) is 90.1. The molecule has 0 unspecified atom stereocenters. The molecule has 27 nitrogen and oxygen atoms in total. The number of carboxylic acids is 1. The van der Waals surface area contributed by atoms with E-state index in [1.54, 1.807) is 49.9 Å². The summed E-state index contributed by atoms with van der Waals surface area (Å²) < 4.78 is 36.2. The summed E-state index contributed by atoms with van der Waals surface area (Å²) in [6.45, 7) is 34.1. The van der Waals surface area contributed by atoms with E-state index in [1.165, 1.54) is 95.6 Å². The Kier molecular flexibility index (Phi) is 44.5. The monoisotopic (exact) mass is 2110 g/mol. The van der Waals surface area contributed by atoms with E-state index in [1.807, 2.05) is 61.5 Å². The van der Waals surface area contributed by atoms with Crippen molar-refractivity contribution in [2.24, 2.45) is 88.3 Å². The predicted octanol–water partition coefficient (Wildman–Crippen LogP) is 20.6. The molecule has 138 heavy (non-hydrogen) atoms. The quantitative estimate of drug-likeness (QED) is 0.0266. The van der Waals surface area contributed by atoms with Crippen molar-refractivity contribution >= 4 is 185 Å². The Morgan fingerprint density at radius 3 is 0.978 bits per heavy atom. The van der Waals surface area contributed by atoms with E-state index in [-0.39, 0.29) is 123 Å². The fourth-order valence-corrected chi connectivity index (χ4v) is 22.4. The average Bonchev–Trinajstić information content (AvgIpc) is 0.822. The Balaban J connectivity index is 0.000000214. The van der Waals surface area contributed by atoms with E-state index in [0.717, 1.165) is 148 Å². The van der Waals surface area contributed by atoms with Gasteiger partial charge in [0, 0.05) is 66.4 Å². The number of carbonyl (C=O) groups excluding carboxylic acids is 12. The van der Waals surface area contributed by atoms with Crippen LogP contribution in [0, 0.1) is 139 Å². The Morgan fingerprint density at radius 2 is 0.688 bits per heavy atom. The van der Waals surface area contributed by atoms with E-state index < -0.39 is 53.9 Å². The number of carboxylic acid groups (broad SMARTS) is 1. The van der Waals surface area contributed by atoms with Crippen LogP contribution in [0.4, 0.5) is 28.4 Å². The number of ether oxygens (including phenoxy) is 7. The summed E-state index contributed by atoms with van der Waals surface area (Å²) in [6.07, 6.45) is 18.4. The predicted molar refractivity (Wildman–Crippen MR) is 551 cm³/mol. The highest BCUT2D eigenvalue weighted by Crippen LogP contribution is 2.44. The number of likely N-dealkylation sites (tertiary alicyclic amines) is 1. The number of aliphatic carboxylic acids is 1. The van der Waals surface area contributed by atoms with Crippen LogP contribution >= 0.6 is 79.3 Å².